The highest BCUT2D eigenvalue weighted by molar-refractivity contribution is 5.09. The van der Waals surface area contributed by atoms with Crippen LogP contribution in [-0.2, 0) is 0 Å². The van der Waals surface area contributed by atoms with Crippen molar-refractivity contribution in [2.24, 2.45) is 5.92 Å². The Balaban J connectivity index is 2.01. The summed E-state index contributed by atoms with van der Waals surface area (Å²) in [7, 11) is 0. The number of aromatic amines is 1. The minimum atomic E-state index is 0.578. The molecule has 1 saturated heterocycles. The summed E-state index contributed by atoms with van der Waals surface area (Å²) in [6.07, 6.45) is 4.60. The Kier molecular flexibility index (Phi) is 4.63. The van der Waals surface area contributed by atoms with Gasteiger partial charge in [0.2, 0.25) is 0 Å². The van der Waals surface area contributed by atoms with Crippen molar-refractivity contribution in [3.8, 4) is 0 Å². The van der Waals surface area contributed by atoms with Crippen LogP contribution in [0.15, 0.2) is 18.3 Å². The monoisotopic (exact) mass is 235 g/mol. The van der Waals surface area contributed by atoms with Crippen LogP contribution < -0.4 is 5.32 Å². The van der Waals surface area contributed by atoms with Gasteiger partial charge in [0.15, 0.2) is 0 Å². The van der Waals surface area contributed by atoms with Crippen molar-refractivity contribution in [1.29, 1.82) is 0 Å². The molecule has 0 spiro atoms. The first-order valence-electron chi connectivity index (χ1n) is 6.85. The summed E-state index contributed by atoms with van der Waals surface area (Å²) in [6.45, 7) is 9.20. The average Bonchev–Trinajstić information content (AvgIpc) is 2.84. The van der Waals surface area contributed by atoms with Gasteiger partial charge in [-0.15, -0.1) is 0 Å². The van der Waals surface area contributed by atoms with Gasteiger partial charge in [0.1, 0.15) is 0 Å². The maximum atomic E-state index is 3.43. The van der Waals surface area contributed by atoms with Crippen molar-refractivity contribution in [3.63, 3.8) is 0 Å². The van der Waals surface area contributed by atoms with E-state index in [1.54, 1.807) is 0 Å². The minimum absolute atomic E-state index is 0.578. The number of hydrogen-bond donors (Lipinski definition) is 2. The molecule has 2 heterocycles. The molecule has 17 heavy (non-hydrogen) atoms. The van der Waals surface area contributed by atoms with Gasteiger partial charge in [-0.1, -0.05) is 13.8 Å². The lowest BCUT2D eigenvalue weighted by Crippen LogP contribution is -2.45. The van der Waals surface area contributed by atoms with E-state index in [-0.39, 0.29) is 0 Å². The van der Waals surface area contributed by atoms with E-state index in [1.165, 1.54) is 31.6 Å². The minimum Gasteiger partial charge on any atom is -0.364 e. The standard InChI is InChI=1S/C14H25N3/c1-12(2)5-6-14(13-4-3-7-16-13)17-10-8-15-9-11-17/h3-4,7,12,14-16H,5-6,8-11H2,1-2H3/t14-/m0/s1. The second-order valence-corrected chi connectivity index (χ2v) is 5.40. The van der Waals surface area contributed by atoms with E-state index in [9.17, 15) is 0 Å². The smallest absolute Gasteiger partial charge is 0.0499 e. The van der Waals surface area contributed by atoms with Crippen molar-refractivity contribution in [3.05, 3.63) is 24.0 Å². The van der Waals surface area contributed by atoms with E-state index in [4.69, 9.17) is 0 Å². The van der Waals surface area contributed by atoms with Gasteiger partial charge in [-0.2, -0.15) is 0 Å². The molecule has 0 bridgehead atoms. The zero-order chi connectivity index (χ0) is 12.1. The molecule has 0 unspecified atom stereocenters. The third-order valence-electron chi connectivity index (χ3n) is 3.59. The second kappa shape index (κ2) is 6.22. The molecule has 1 aromatic heterocycles. The third kappa shape index (κ3) is 3.58. The molecule has 2 rings (SSSR count). The number of H-pyrrole nitrogens is 1. The molecule has 1 atom stereocenters. The lowest BCUT2D eigenvalue weighted by Gasteiger charge is -2.35. The summed E-state index contributed by atoms with van der Waals surface area (Å²) in [5.74, 6) is 0.787. The second-order valence-electron chi connectivity index (χ2n) is 5.40. The molecule has 0 amide bonds. The van der Waals surface area contributed by atoms with Gasteiger partial charge in [0, 0.05) is 44.1 Å². The predicted molar refractivity (Wildman–Crippen MR) is 72.0 cm³/mol. The molecule has 1 fully saturated rings. The Hall–Kier alpha value is -0.800. The fourth-order valence-electron chi connectivity index (χ4n) is 2.57. The Labute approximate surface area is 105 Å². The summed E-state index contributed by atoms with van der Waals surface area (Å²) in [5, 5.41) is 3.43. The van der Waals surface area contributed by atoms with Gasteiger partial charge in [0.25, 0.3) is 0 Å². The fourth-order valence-corrected chi connectivity index (χ4v) is 2.57. The first-order chi connectivity index (χ1) is 8.27. The highest BCUT2D eigenvalue weighted by Gasteiger charge is 2.22. The number of aromatic nitrogens is 1. The van der Waals surface area contributed by atoms with Crippen LogP contribution in [0.5, 0.6) is 0 Å². The summed E-state index contributed by atoms with van der Waals surface area (Å²) in [5.41, 5.74) is 1.38. The quantitative estimate of drug-likeness (QED) is 0.821. The molecule has 96 valence electrons. The third-order valence-corrected chi connectivity index (χ3v) is 3.59. The average molecular weight is 235 g/mol. The zero-order valence-corrected chi connectivity index (χ0v) is 11.1. The van der Waals surface area contributed by atoms with E-state index >= 15 is 0 Å². The van der Waals surface area contributed by atoms with Crippen LogP contribution in [0, 0.1) is 5.92 Å². The maximum absolute atomic E-state index is 3.43. The molecule has 2 N–H and O–H groups in total. The van der Waals surface area contributed by atoms with Crippen molar-refractivity contribution in [1.82, 2.24) is 15.2 Å². The van der Waals surface area contributed by atoms with Crippen LogP contribution >= 0.6 is 0 Å². The van der Waals surface area contributed by atoms with Gasteiger partial charge in [-0.3, -0.25) is 4.90 Å². The molecule has 3 nitrogen and oxygen atoms in total. The largest absolute Gasteiger partial charge is 0.364 e. The molecule has 3 heteroatoms. The van der Waals surface area contributed by atoms with Crippen LogP contribution in [-0.4, -0.2) is 36.1 Å². The SMILES string of the molecule is CC(C)CC[C@@H](c1ccc[nH]1)N1CCNCC1. The summed E-state index contributed by atoms with van der Waals surface area (Å²) in [4.78, 5) is 6.01. The number of piperazine rings is 1. The summed E-state index contributed by atoms with van der Waals surface area (Å²) >= 11 is 0. The Morgan fingerprint density at radius 1 is 1.24 bits per heavy atom. The first-order valence-corrected chi connectivity index (χ1v) is 6.85. The number of hydrogen-bond acceptors (Lipinski definition) is 2. The van der Waals surface area contributed by atoms with Gasteiger partial charge in [-0.25, -0.2) is 0 Å². The Morgan fingerprint density at radius 3 is 2.59 bits per heavy atom. The van der Waals surface area contributed by atoms with Crippen molar-refractivity contribution in [2.75, 3.05) is 26.2 Å². The number of rotatable bonds is 5. The van der Waals surface area contributed by atoms with Crippen LogP contribution in [0.25, 0.3) is 0 Å². The van der Waals surface area contributed by atoms with Crippen LogP contribution in [0.2, 0.25) is 0 Å². The zero-order valence-electron chi connectivity index (χ0n) is 11.1. The normalized spacial score (nSPS) is 19.7. The van der Waals surface area contributed by atoms with Gasteiger partial charge in [-0.05, 0) is 30.9 Å². The summed E-state index contributed by atoms with van der Waals surface area (Å²) < 4.78 is 0. The van der Waals surface area contributed by atoms with Gasteiger partial charge in [0.05, 0.1) is 0 Å². The van der Waals surface area contributed by atoms with Crippen molar-refractivity contribution < 1.29 is 0 Å². The molecule has 1 aliphatic heterocycles. The van der Waals surface area contributed by atoms with Crippen molar-refractivity contribution in [2.45, 2.75) is 32.7 Å². The van der Waals surface area contributed by atoms with E-state index < -0.39 is 0 Å². The van der Waals surface area contributed by atoms with Crippen LogP contribution in [0.1, 0.15) is 38.4 Å². The maximum Gasteiger partial charge on any atom is 0.0499 e. The van der Waals surface area contributed by atoms with E-state index in [1.807, 2.05) is 6.20 Å². The highest BCUT2D eigenvalue weighted by Crippen LogP contribution is 2.26. The Morgan fingerprint density at radius 2 is 2.00 bits per heavy atom. The van der Waals surface area contributed by atoms with E-state index in [0.717, 1.165) is 19.0 Å². The lowest BCUT2D eigenvalue weighted by molar-refractivity contribution is 0.157. The molecule has 0 aromatic carbocycles. The van der Waals surface area contributed by atoms with Gasteiger partial charge >= 0.3 is 0 Å². The Bertz CT molecular complexity index is 299. The fraction of sp³-hybridized carbons (Fsp3) is 0.714. The van der Waals surface area contributed by atoms with Crippen LogP contribution in [0.3, 0.4) is 0 Å². The van der Waals surface area contributed by atoms with Crippen molar-refractivity contribution >= 4 is 0 Å². The van der Waals surface area contributed by atoms with E-state index in [0.29, 0.717) is 6.04 Å². The predicted octanol–water partition coefficient (Wildman–Crippen LogP) is 2.40. The summed E-state index contributed by atoms with van der Waals surface area (Å²) in [6, 6.07) is 4.92. The molecule has 1 aromatic rings. The van der Waals surface area contributed by atoms with Crippen LogP contribution in [0.4, 0.5) is 0 Å². The molecule has 0 saturated carbocycles. The molecule has 0 aliphatic carbocycles. The van der Waals surface area contributed by atoms with Gasteiger partial charge < -0.3 is 10.3 Å². The van der Waals surface area contributed by atoms with E-state index in [2.05, 4.69) is 41.2 Å². The first kappa shape index (κ1) is 12.7. The lowest BCUT2D eigenvalue weighted by atomic mass is 9.99. The molecule has 1 aliphatic rings. The topological polar surface area (TPSA) is 31.1 Å². The number of nitrogens with zero attached hydrogens (tertiary/aromatic N) is 1. The molecular weight excluding hydrogens is 210 g/mol. The number of nitrogens with one attached hydrogen (secondary N) is 2. The molecule has 0 radical (unpaired) electrons. The highest BCUT2D eigenvalue weighted by atomic mass is 15.2. The molecular formula is C14H25N3.